The smallest absolute Gasteiger partial charge is 0.314 e. The third-order valence-corrected chi connectivity index (χ3v) is 8.62. The maximum Gasteiger partial charge on any atom is 0.314 e. The van der Waals surface area contributed by atoms with Gasteiger partial charge in [0.25, 0.3) is 0 Å². The maximum atomic E-state index is 13.2. The molecule has 246 valence electrons. The van der Waals surface area contributed by atoms with Gasteiger partial charge in [-0.2, -0.15) is 0 Å². The fourth-order valence-corrected chi connectivity index (χ4v) is 5.41. The quantitative estimate of drug-likeness (QED) is 0.0665. The van der Waals surface area contributed by atoms with Gasteiger partial charge in [0.1, 0.15) is 17.2 Å². The van der Waals surface area contributed by atoms with Crippen LogP contribution in [0.15, 0.2) is 12.1 Å². The summed E-state index contributed by atoms with van der Waals surface area (Å²) in [5.74, 6) is -0.755. The molecule has 0 spiro atoms. The molecule has 0 heterocycles. The van der Waals surface area contributed by atoms with Crippen molar-refractivity contribution in [1.82, 2.24) is 0 Å². The van der Waals surface area contributed by atoms with E-state index in [1.54, 1.807) is 19.1 Å². The Bertz CT molecular complexity index is 884. The summed E-state index contributed by atoms with van der Waals surface area (Å²) in [5.41, 5.74) is 0.551. The number of hydrogen-bond acceptors (Lipinski definition) is 6. The van der Waals surface area contributed by atoms with Gasteiger partial charge >= 0.3 is 17.9 Å². The molecule has 6 heteroatoms. The number of carbonyl (C=O) groups excluding carboxylic acids is 3. The minimum atomic E-state index is -0.304. The van der Waals surface area contributed by atoms with Crippen molar-refractivity contribution in [2.75, 3.05) is 0 Å². The molecular weight excluding hydrogens is 540 g/mol. The molecule has 3 atom stereocenters. The lowest BCUT2D eigenvalue weighted by atomic mass is 9.98. The van der Waals surface area contributed by atoms with Crippen molar-refractivity contribution in [1.29, 1.82) is 0 Å². The monoisotopic (exact) mass is 602 g/mol. The number of rotatable bonds is 24. The second-order valence-electron chi connectivity index (χ2n) is 12.2. The van der Waals surface area contributed by atoms with Crippen molar-refractivity contribution in [3.63, 3.8) is 0 Å². The molecule has 1 rings (SSSR count). The molecule has 0 amide bonds. The summed E-state index contributed by atoms with van der Waals surface area (Å²) < 4.78 is 17.7. The first-order valence-corrected chi connectivity index (χ1v) is 17.5. The molecule has 0 radical (unpaired) electrons. The van der Waals surface area contributed by atoms with Crippen molar-refractivity contribution >= 4 is 17.9 Å². The number of esters is 3. The molecule has 43 heavy (non-hydrogen) atoms. The summed E-state index contributed by atoms with van der Waals surface area (Å²) in [5, 5.41) is 0. The van der Waals surface area contributed by atoms with E-state index in [2.05, 4.69) is 20.8 Å². The van der Waals surface area contributed by atoms with Gasteiger partial charge in [-0.1, -0.05) is 119 Å². The summed E-state index contributed by atoms with van der Waals surface area (Å²) in [7, 11) is 0. The second kappa shape index (κ2) is 23.1. The highest BCUT2D eigenvalue weighted by molar-refractivity contribution is 5.79. The first-order valence-electron chi connectivity index (χ1n) is 17.5. The summed E-state index contributed by atoms with van der Waals surface area (Å²) in [6.45, 7) is 14.3. The van der Waals surface area contributed by atoms with Crippen LogP contribution in [0.4, 0.5) is 0 Å². The maximum absolute atomic E-state index is 13.2. The Hall–Kier alpha value is -2.37. The minimum absolute atomic E-state index is 0.213. The lowest BCUT2D eigenvalue weighted by Crippen LogP contribution is -2.23. The highest BCUT2D eigenvalue weighted by atomic mass is 16.6. The number of carbonyl (C=O) groups is 3. The highest BCUT2D eigenvalue weighted by Gasteiger charge is 2.25. The van der Waals surface area contributed by atoms with Crippen LogP contribution in [-0.4, -0.2) is 17.9 Å². The lowest BCUT2D eigenvalue weighted by Gasteiger charge is -2.20. The van der Waals surface area contributed by atoms with Gasteiger partial charge in [-0.05, 0) is 45.4 Å². The van der Waals surface area contributed by atoms with Gasteiger partial charge in [0, 0.05) is 17.7 Å². The topological polar surface area (TPSA) is 78.9 Å². The predicted octanol–water partition coefficient (Wildman–Crippen LogP) is 10.7. The van der Waals surface area contributed by atoms with E-state index in [0.29, 0.717) is 24.8 Å². The van der Waals surface area contributed by atoms with Gasteiger partial charge < -0.3 is 14.2 Å². The van der Waals surface area contributed by atoms with Crippen molar-refractivity contribution in [3.05, 3.63) is 17.7 Å². The van der Waals surface area contributed by atoms with Crippen LogP contribution < -0.4 is 14.2 Å². The fourth-order valence-electron chi connectivity index (χ4n) is 5.41. The van der Waals surface area contributed by atoms with Crippen molar-refractivity contribution in [2.45, 2.75) is 164 Å². The van der Waals surface area contributed by atoms with Crippen molar-refractivity contribution in [3.8, 4) is 17.2 Å². The van der Waals surface area contributed by atoms with Crippen LogP contribution in [0.25, 0.3) is 0 Å². The average Bonchev–Trinajstić information content (AvgIpc) is 2.99. The Morgan fingerprint density at radius 1 is 0.512 bits per heavy atom. The van der Waals surface area contributed by atoms with Gasteiger partial charge in [0.15, 0.2) is 0 Å². The van der Waals surface area contributed by atoms with Gasteiger partial charge in [0.2, 0.25) is 0 Å². The van der Waals surface area contributed by atoms with Crippen LogP contribution in [0.1, 0.15) is 163 Å². The lowest BCUT2D eigenvalue weighted by molar-refractivity contribution is -0.139. The van der Waals surface area contributed by atoms with Crippen LogP contribution >= 0.6 is 0 Å². The largest absolute Gasteiger partial charge is 0.426 e. The van der Waals surface area contributed by atoms with E-state index in [1.165, 1.54) is 0 Å². The van der Waals surface area contributed by atoms with Gasteiger partial charge in [-0.3, -0.25) is 14.4 Å². The molecule has 0 bridgehead atoms. The van der Waals surface area contributed by atoms with Gasteiger partial charge in [-0.25, -0.2) is 0 Å². The number of unbranched alkanes of at least 4 members (excludes halogenated alkanes) is 9. The number of hydrogen-bond donors (Lipinski definition) is 0. The molecule has 0 aliphatic carbocycles. The van der Waals surface area contributed by atoms with E-state index in [9.17, 15) is 14.4 Å². The molecule has 0 aliphatic rings. The molecule has 0 aromatic heterocycles. The highest BCUT2D eigenvalue weighted by Crippen LogP contribution is 2.36. The molecule has 0 saturated heterocycles. The third kappa shape index (κ3) is 14.8. The zero-order valence-electron chi connectivity index (χ0n) is 28.6. The van der Waals surface area contributed by atoms with E-state index in [-0.39, 0.29) is 52.9 Å². The molecule has 3 unspecified atom stereocenters. The van der Waals surface area contributed by atoms with E-state index in [4.69, 9.17) is 14.2 Å². The summed E-state index contributed by atoms with van der Waals surface area (Å²) in [4.78, 5) is 39.7. The molecule has 6 nitrogen and oxygen atoms in total. The first-order chi connectivity index (χ1) is 20.8. The number of ether oxygens (including phenoxy) is 3. The zero-order valence-corrected chi connectivity index (χ0v) is 28.6. The van der Waals surface area contributed by atoms with Crippen LogP contribution in [0.3, 0.4) is 0 Å². The van der Waals surface area contributed by atoms with Crippen LogP contribution in [0.2, 0.25) is 0 Å². The minimum Gasteiger partial charge on any atom is -0.426 e. The first kappa shape index (κ1) is 38.7. The Balaban J connectivity index is 3.22. The van der Waals surface area contributed by atoms with E-state index in [1.807, 2.05) is 20.8 Å². The van der Waals surface area contributed by atoms with E-state index >= 15 is 0 Å². The van der Waals surface area contributed by atoms with E-state index in [0.717, 1.165) is 96.3 Å². The summed E-state index contributed by atoms with van der Waals surface area (Å²) >= 11 is 0. The van der Waals surface area contributed by atoms with Crippen LogP contribution in [0.5, 0.6) is 17.2 Å². The standard InChI is InChI=1S/C37H62O6/c1-8-14-17-20-23-29(11-4)35(38)41-32-26-33(42-36(39)30(12-5)24-21-18-15-9-2)28(7)34(27-32)43-37(40)31(13-6)25-22-19-16-10-3/h26-27,29-31H,8-25H2,1-7H3. The van der Waals surface area contributed by atoms with Crippen LogP contribution in [0, 0.1) is 24.7 Å². The van der Waals surface area contributed by atoms with Gasteiger partial charge in [-0.15, -0.1) is 0 Å². The molecular formula is C37H62O6. The van der Waals surface area contributed by atoms with E-state index < -0.39 is 0 Å². The molecule has 0 aliphatic heterocycles. The van der Waals surface area contributed by atoms with Crippen molar-refractivity contribution in [2.24, 2.45) is 17.8 Å². The molecule has 1 aromatic rings. The Morgan fingerprint density at radius 3 is 1.14 bits per heavy atom. The summed E-state index contributed by atoms with van der Waals surface area (Å²) in [6.07, 6.45) is 17.5. The third-order valence-electron chi connectivity index (χ3n) is 8.62. The predicted molar refractivity (Wildman–Crippen MR) is 176 cm³/mol. The fraction of sp³-hybridized carbons (Fsp3) is 0.757. The molecule has 0 N–H and O–H groups in total. The normalized spacial score (nSPS) is 13.3. The summed E-state index contributed by atoms with van der Waals surface area (Å²) in [6, 6.07) is 3.19. The Kier molecular flexibility index (Phi) is 20.7. The molecule has 0 saturated carbocycles. The Morgan fingerprint density at radius 2 is 0.837 bits per heavy atom. The van der Waals surface area contributed by atoms with Crippen molar-refractivity contribution < 1.29 is 28.6 Å². The number of benzene rings is 1. The zero-order chi connectivity index (χ0) is 32.0. The Labute approximate surface area is 263 Å². The average molecular weight is 603 g/mol. The molecule has 1 aromatic carbocycles. The molecule has 0 fully saturated rings. The SMILES string of the molecule is CCCCCCC(CC)C(=O)Oc1cc(OC(=O)C(CC)CCCCCC)c(C)c(OC(=O)C(CC)CCCCCC)c1. The second-order valence-corrected chi connectivity index (χ2v) is 12.2. The van der Waals surface area contributed by atoms with Gasteiger partial charge in [0.05, 0.1) is 17.8 Å². The van der Waals surface area contributed by atoms with Crippen LogP contribution in [-0.2, 0) is 14.4 Å².